The highest BCUT2D eigenvalue weighted by Gasteiger charge is 2.27. The zero-order chi connectivity index (χ0) is 14.8. The van der Waals surface area contributed by atoms with Crippen LogP contribution in [0.2, 0.25) is 0 Å². The molecule has 100 valence electrons. The lowest BCUT2D eigenvalue weighted by Crippen LogP contribution is -2.15. The minimum absolute atomic E-state index is 0.153. The van der Waals surface area contributed by atoms with Crippen molar-refractivity contribution >= 4 is 11.4 Å². The molecule has 0 aliphatic carbocycles. The van der Waals surface area contributed by atoms with Gasteiger partial charge in [0.15, 0.2) is 5.57 Å². The summed E-state index contributed by atoms with van der Waals surface area (Å²) in [5.41, 5.74) is 5.14. The molecule has 0 amide bonds. The molecule has 3 rings (SSSR count). The van der Waals surface area contributed by atoms with Crippen LogP contribution in [0.3, 0.4) is 0 Å². The fraction of sp³-hybridized carbons (Fsp3) is 0.111. The first-order valence-corrected chi connectivity index (χ1v) is 6.71. The lowest BCUT2D eigenvalue weighted by molar-refractivity contribution is 1.04. The number of rotatable bonds is 1. The first kappa shape index (κ1) is 13.0. The quantitative estimate of drug-likeness (QED) is 0.742. The Morgan fingerprint density at radius 1 is 1.00 bits per heavy atom. The molecule has 1 aliphatic heterocycles. The molecule has 1 aliphatic rings. The van der Waals surface area contributed by atoms with Gasteiger partial charge in [0.05, 0.1) is 5.70 Å². The average molecular weight is 271 g/mol. The van der Waals surface area contributed by atoms with Crippen molar-refractivity contribution in [2.45, 2.75) is 13.5 Å². The summed E-state index contributed by atoms with van der Waals surface area (Å²) in [6, 6.07) is 20.1. The van der Waals surface area contributed by atoms with E-state index in [0.29, 0.717) is 12.2 Å². The molecular formula is C18H13N3. The molecule has 1 heterocycles. The Kier molecular flexibility index (Phi) is 3.18. The predicted molar refractivity (Wildman–Crippen MR) is 82.0 cm³/mol. The number of benzene rings is 2. The van der Waals surface area contributed by atoms with Gasteiger partial charge in [-0.15, -0.1) is 0 Å². The van der Waals surface area contributed by atoms with Gasteiger partial charge in [-0.3, -0.25) is 0 Å². The van der Waals surface area contributed by atoms with E-state index in [1.54, 1.807) is 0 Å². The van der Waals surface area contributed by atoms with Crippen molar-refractivity contribution in [2.75, 3.05) is 4.90 Å². The van der Waals surface area contributed by atoms with Gasteiger partial charge in [0.1, 0.15) is 12.1 Å². The molecule has 0 aromatic heterocycles. The van der Waals surface area contributed by atoms with Crippen molar-refractivity contribution in [3.05, 3.63) is 70.8 Å². The van der Waals surface area contributed by atoms with Crippen molar-refractivity contribution in [1.82, 2.24) is 0 Å². The van der Waals surface area contributed by atoms with Crippen molar-refractivity contribution in [1.29, 1.82) is 10.5 Å². The maximum Gasteiger partial charge on any atom is 0.153 e. The van der Waals surface area contributed by atoms with E-state index in [2.05, 4.69) is 0 Å². The van der Waals surface area contributed by atoms with Gasteiger partial charge in [0.25, 0.3) is 0 Å². The van der Waals surface area contributed by atoms with E-state index < -0.39 is 0 Å². The van der Waals surface area contributed by atoms with Crippen LogP contribution >= 0.6 is 0 Å². The number of fused-ring (bicyclic) bond motifs is 1. The summed E-state index contributed by atoms with van der Waals surface area (Å²) in [5.74, 6) is 0. The highest BCUT2D eigenvalue weighted by atomic mass is 15.2. The van der Waals surface area contributed by atoms with Crippen LogP contribution < -0.4 is 4.90 Å². The van der Waals surface area contributed by atoms with Crippen molar-refractivity contribution in [3.63, 3.8) is 0 Å². The molecule has 2 aromatic rings. The second-order valence-electron chi connectivity index (χ2n) is 5.03. The van der Waals surface area contributed by atoms with E-state index in [1.165, 1.54) is 5.56 Å². The highest BCUT2D eigenvalue weighted by molar-refractivity contribution is 5.90. The van der Waals surface area contributed by atoms with E-state index in [0.717, 1.165) is 16.8 Å². The molecule has 2 aromatic carbocycles. The third-order valence-electron chi connectivity index (χ3n) is 3.68. The summed E-state index contributed by atoms with van der Waals surface area (Å²) in [6.45, 7) is 2.72. The number of allylic oxidation sites excluding steroid dienone is 1. The van der Waals surface area contributed by atoms with Crippen LogP contribution in [0.15, 0.2) is 54.1 Å². The van der Waals surface area contributed by atoms with Gasteiger partial charge in [-0.05, 0) is 24.6 Å². The zero-order valence-electron chi connectivity index (χ0n) is 11.7. The monoisotopic (exact) mass is 271 g/mol. The summed E-state index contributed by atoms with van der Waals surface area (Å²) in [5, 5.41) is 18.5. The topological polar surface area (TPSA) is 50.8 Å². The van der Waals surface area contributed by atoms with E-state index in [4.69, 9.17) is 0 Å². The number of nitrogens with zero attached hydrogens (tertiary/aromatic N) is 3. The van der Waals surface area contributed by atoms with Crippen molar-refractivity contribution in [3.8, 4) is 12.1 Å². The Morgan fingerprint density at radius 3 is 2.33 bits per heavy atom. The number of nitriles is 2. The molecular weight excluding hydrogens is 258 g/mol. The second kappa shape index (κ2) is 5.15. The standard InChI is InChI=1S/C18H13N3/c1-13-6-8-16(9-7-13)21-12-14-4-2-3-5-17(14)18(21)15(10-19)11-20/h2-9H,12H2,1H3. The average Bonchev–Trinajstić information content (AvgIpc) is 2.89. The first-order valence-electron chi connectivity index (χ1n) is 6.71. The summed E-state index contributed by atoms with van der Waals surface area (Å²) < 4.78 is 0. The molecule has 0 radical (unpaired) electrons. The first-order chi connectivity index (χ1) is 10.2. The second-order valence-corrected chi connectivity index (χ2v) is 5.03. The van der Waals surface area contributed by atoms with Gasteiger partial charge in [-0.25, -0.2) is 0 Å². The van der Waals surface area contributed by atoms with Gasteiger partial charge >= 0.3 is 0 Å². The molecule has 0 N–H and O–H groups in total. The fourth-order valence-electron chi connectivity index (χ4n) is 2.63. The number of anilines is 1. The lowest BCUT2D eigenvalue weighted by Gasteiger charge is -2.20. The maximum absolute atomic E-state index is 9.26. The summed E-state index contributed by atoms with van der Waals surface area (Å²) in [4.78, 5) is 2.03. The van der Waals surface area contributed by atoms with Crippen LogP contribution in [0.25, 0.3) is 5.70 Å². The Balaban J connectivity index is 2.19. The maximum atomic E-state index is 9.26. The van der Waals surface area contributed by atoms with Crippen LogP contribution in [0.4, 0.5) is 5.69 Å². The molecule has 0 atom stereocenters. The van der Waals surface area contributed by atoms with E-state index in [1.807, 2.05) is 72.5 Å². The zero-order valence-corrected chi connectivity index (χ0v) is 11.7. The molecule has 0 saturated heterocycles. The molecule has 21 heavy (non-hydrogen) atoms. The summed E-state index contributed by atoms with van der Waals surface area (Å²) in [7, 11) is 0. The van der Waals surface area contributed by atoms with Crippen LogP contribution in [-0.4, -0.2) is 0 Å². The SMILES string of the molecule is Cc1ccc(N2Cc3ccccc3C2=C(C#N)C#N)cc1. The highest BCUT2D eigenvalue weighted by Crippen LogP contribution is 2.38. The largest absolute Gasteiger partial charge is 0.335 e. The van der Waals surface area contributed by atoms with E-state index in [-0.39, 0.29) is 5.57 Å². The molecule has 0 saturated carbocycles. The molecule has 0 bridgehead atoms. The van der Waals surface area contributed by atoms with Crippen molar-refractivity contribution < 1.29 is 0 Å². The normalized spacial score (nSPS) is 12.5. The van der Waals surface area contributed by atoms with Crippen molar-refractivity contribution in [2.24, 2.45) is 0 Å². The van der Waals surface area contributed by atoms with Gasteiger partial charge in [-0.1, -0.05) is 42.0 Å². The Labute approximate surface area is 124 Å². The van der Waals surface area contributed by atoms with Gasteiger partial charge in [0, 0.05) is 17.8 Å². The minimum atomic E-state index is 0.153. The minimum Gasteiger partial charge on any atom is -0.335 e. The number of hydrogen-bond acceptors (Lipinski definition) is 3. The van der Waals surface area contributed by atoms with Crippen LogP contribution in [0, 0.1) is 29.6 Å². The van der Waals surface area contributed by atoms with Crippen LogP contribution in [0.1, 0.15) is 16.7 Å². The Morgan fingerprint density at radius 2 is 1.67 bits per heavy atom. The molecule has 3 nitrogen and oxygen atoms in total. The van der Waals surface area contributed by atoms with Gasteiger partial charge in [0.2, 0.25) is 0 Å². The van der Waals surface area contributed by atoms with E-state index >= 15 is 0 Å². The lowest BCUT2D eigenvalue weighted by atomic mass is 10.1. The number of hydrogen-bond donors (Lipinski definition) is 0. The fourth-order valence-corrected chi connectivity index (χ4v) is 2.63. The van der Waals surface area contributed by atoms with Crippen LogP contribution in [-0.2, 0) is 6.54 Å². The smallest absolute Gasteiger partial charge is 0.153 e. The molecule has 0 fully saturated rings. The van der Waals surface area contributed by atoms with Crippen LogP contribution in [0.5, 0.6) is 0 Å². The predicted octanol–water partition coefficient (Wildman–Crippen LogP) is 3.77. The summed E-state index contributed by atoms with van der Waals surface area (Å²) in [6.07, 6.45) is 0. The molecule has 3 heteroatoms. The Hall–Kier alpha value is -3.04. The van der Waals surface area contributed by atoms with Gasteiger partial charge in [-0.2, -0.15) is 10.5 Å². The summed E-state index contributed by atoms with van der Waals surface area (Å²) >= 11 is 0. The molecule has 0 unspecified atom stereocenters. The van der Waals surface area contributed by atoms with E-state index in [9.17, 15) is 10.5 Å². The molecule has 0 spiro atoms. The third kappa shape index (κ3) is 2.16. The Bertz CT molecular complexity index is 786. The van der Waals surface area contributed by atoms with Gasteiger partial charge < -0.3 is 4.90 Å². The number of aryl methyl sites for hydroxylation is 1. The third-order valence-corrected chi connectivity index (χ3v) is 3.68.